The maximum atomic E-state index is 14.2. The van der Waals surface area contributed by atoms with E-state index in [0.29, 0.717) is 41.8 Å². The first kappa shape index (κ1) is 30.4. The molecule has 11 heteroatoms. The van der Waals surface area contributed by atoms with Crippen molar-refractivity contribution in [2.24, 2.45) is 0 Å². The number of aromatic nitrogens is 6. The summed E-state index contributed by atoms with van der Waals surface area (Å²) < 4.78 is 3.75. The standard InChI is InChI=1S/C31H40Cl2N8O/c1-18(2)27-12-25(28-21(5)36-41(29(28)34-27)31(6,7)8)30(42)38-13-19(3)40(20(4)14-38)17-24-16-39(37-35-24)15-22-9-10-23(32)11-26(22)33/h9-12,16,18-20H,13-15,17H2,1-8H3/t19-,20+. The van der Waals surface area contributed by atoms with Gasteiger partial charge in [-0.1, -0.05) is 48.3 Å². The van der Waals surface area contributed by atoms with Crippen molar-refractivity contribution >= 4 is 40.1 Å². The molecular weight excluding hydrogens is 571 g/mol. The second kappa shape index (κ2) is 11.6. The highest BCUT2D eigenvalue weighted by Crippen LogP contribution is 2.31. The van der Waals surface area contributed by atoms with Crippen LogP contribution >= 0.6 is 23.2 Å². The fourth-order valence-corrected chi connectivity index (χ4v) is 6.21. The smallest absolute Gasteiger partial charge is 0.254 e. The Hall–Kier alpha value is -3.01. The Labute approximate surface area is 257 Å². The van der Waals surface area contributed by atoms with Gasteiger partial charge in [-0.25, -0.2) is 14.3 Å². The Bertz CT molecular complexity index is 1610. The number of nitrogens with zero attached hydrogens (tertiary/aromatic N) is 8. The molecule has 1 fully saturated rings. The number of benzene rings is 1. The van der Waals surface area contributed by atoms with Crippen LogP contribution in [-0.4, -0.2) is 70.6 Å². The van der Waals surface area contributed by atoms with Crippen molar-refractivity contribution in [3.63, 3.8) is 0 Å². The third-order valence-corrected chi connectivity index (χ3v) is 8.54. The van der Waals surface area contributed by atoms with Crippen LogP contribution in [0, 0.1) is 6.92 Å². The number of amides is 1. The number of carbonyl (C=O) groups is 1. The van der Waals surface area contributed by atoms with Crippen molar-refractivity contribution < 1.29 is 4.79 Å². The Balaban J connectivity index is 1.35. The molecule has 42 heavy (non-hydrogen) atoms. The van der Waals surface area contributed by atoms with E-state index in [9.17, 15) is 4.79 Å². The van der Waals surface area contributed by atoms with E-state index in [-0.39, 0.29) is 29.4 Å². The summed E-state index contributed by atoms with van der Waals surface area (Å²) in [6, 6.07) is 7.71. The van der Waals surface area contributed by atoms with Crippen molar-refractivity contribution in [1.29, 1.82) is 0 Å². The number of halogens is 2. The van der Waals surface area contributed by atoms with E-state index in [2.05, 4.69) is 63.7 Å². The number of carbonyl (C=O) groups excluding carboxylic acids is 1. The lowest BCUT2D eigenvalue weighted by Gasteiger charge is -2.44. The fraction of sp³-hybridized carbons (Fsp3) is 0.516. The van der Waals surface area contributed by atoms with Crippen LogP contribution in [0.5, 0.6) is 0 Å². The van der Waals surface area contributed by atoms with Crippen molar-refractivity contribution in [2.75, 3.05) is 13.1 Å². The molecule has 1 aliphatic heterocycles. The van der Waals surface area contributed by atoms with Gasteiger partial charge in [-0.3, -0.25) is 9.69 Å². The van der Waals surface area contributed by atoms with Crippen LogP contribution in [-0.2, 0) is 18.6 Å². The maximum absolute atomic E-state index is 14.2. The molecule has 9 nitrogen and oxygen atoms in total. The van der Waals surface area contributed by atoms with Gasteiger partial charge in [-0.2, -0.15) is 5.10 Å². The van der Waals surface area contributed by atoms with Gasteiger partial charge in [-0.15, -0.1) is 5.10 Å². The number of piperazine rings is 1. The lowest BCUT2D eigenvalue weighted by molar-refractivity contribution is 0.0265. The molecule has 224 valence electrons. The molecule has 0 aliphatic carbocycles. The van der Waals surface area contributed by atoms with Gasteiger partial charge in [0.25, 0.3) is 5.91 Å². The van der Waals surface area contributed by atoms with Gasteiger partial charge in [0.05, 0.1) is 40.6 Å². The van der Waals surface area contributed by atoms with E-state index < -0.39 is 0 Å². The van der Waals surface area contributed by atoms with Crippen molar-refractivity contribution in [3.8, 4) is 0 Å². The SMILES string of the molecule is Cc1nn(C(C)(C)C)c2nc(C(C)C)cc(C(=O)N3C[C@@H](C)N(Cc4cn(Cc5ccc(Cl)cc5Cl)nn4)[C@@H](C)C3)c12. The summed E-state index contributed by atoms with van der Waals surface area (Å²) in [5, 5.41) is 15.6. The molecular formula is C31H40Cl2N8O. The quantitative estimate of drug-likeness (QED) is 0.255. The molecule has 1 aliphatic rings. The summed E-state index contributed by atoms with van der Waals surface area (Å²) in [7, 11) is 0. The van der Waals surface area contributed by atoms with Crippen LogP contribution in [0.2, 0.25) is 10.0 Å². The number of aryl methyl sites for hydroxylation is 1. The van der Waals surface area contributed by atoms with E-state index in [4.69, 9.17) is 33.3 Å². The molecule has 4 heterocycles. The lowest BCUT2D eigenvalue weighted by Crippen LogP contribution is -2.57. The van der Waals surface area contributed by atoms with Gasteiger partial charge in [0.2, 0.25) is 0 Å². The van der Waals surface area contributed by atoms with E-state index in [1.54, 1.807) is 10.7 Å². The van der Waals surface area contributed by atoms with Gasteiger partial charge < -0.3 is 4.90 Å². The average Bonchev–Trinajstić information content (AvgIpc) is 3.50. The van der Waals surface area contributed by atoms with Crippen LogP contribution in [0.4, 0.5) is 0 Å². The normalized spacial score (nSPS) is 18.4. The molecule has 0 saturated carbocycles. The van der Waals surface area contributed by atoms with Gasteiger partial charge >= 0.3 is 0 Å². The highest BCUT2D eigenvalue weighted by molar-refractivity contribution is 6.35. The predicted molar refractivity (Wildman–Crippen MR) is 167 cm³/mol. The highest BCUT2D eigenvalue weighted by Gasteiger charge is 2.34. The summed E-state index contributed by atoms with van der Waals surface area (Å²) in [5.41, 5.74) is 4.74. The van der Waals surface area contributed by atoms with Crippen molar-refractivity contribution in [1.82, 2.24) is 39.6 Å². The Morgan fingerprint density at radius 3 is 2.38 bits per heavy atom. The first-order valence-electron chi connectivity index (χ1n) is 14.5. The molecule has 5 rings (SSSR count). The Morgan fingerprint density at radius 2 is 1.76 bits per heavy atom. The third kappa shape index (κ3) is 6.05. The molecule has 1 aromatic carbocycles. The van der Waals surface area contributed by atoms with E-state index in [0.717, 1.165) is 33.7 Å². The summed E-state index contributed by atoms with van der Waals surface area (Å²) in [4.78, 5) is 23.5. The van der Waals surface area contributed by atoms with Gasteiger partial charge in [-0.05, 0) is 71.2 Å². The molecule has 4 aromatic rings. The number of fused-ring (bicyclic) bond motifs is 1. The second-order valence-electron chi connectivity index (χ2n) is 12.8. The van der Waals surface area contributed by atoms with Crippen molar-refractivity contribution in [2.45, 2.75) is 92.0 Å². The van der Waals surface area contributed by atoms with E-state index in [1.165, 1.54) is 0 Å². The summed E-state index contributed by atoms with van der Waals surface area (Å²) in [6.07, 6.45) is 1.96. The molecule has 3 aromatic heterocycles. The van der Waals surface area contributed by atoms with E-state index >= 15 is 0 Å². The van der Waals surface area contributed by atoms with Crippen LogP contribution < -0.4 is 0 Å². The van der Waals surface area contributed by atoms with Gasteiger partial charge in [0, 0.05) is 47.5 Å². The Morgan fingerprint density at radius 1 is 1.07 bits per heavy atom. The zero-order valence-electron chi connectivity index (χ0n) is 25.7. The first-order valence-corrected chi connectivity index (χ1v) is 15.3. The minimum absolute atomic E-state index is 0.0324. The molecule has 0 bridgehead atoms. The first-order chi connectivity index (χ1) is 19.7. The fourth-order valence-electron chi connectivity index (χ4n) is 5.74. The number of pyridine rings is 1. The van der Waals surface area contributed by atoms with Crippen LogP contribution in [0.25, 0.3) is 11.0 Å². The number of hydrogen-bond acceptors (Lipinski definition) is 6. The average molecular weight is 612 g/mol. The molecule has 1 amide bonds. The lowest BCUT2D eigenvalue weighted by atomic mass is 10.0. The van der Waals surface area contributed by atoms with Crippen molar-refractivity contribution in [3.05, 3.63) is 68.7 Å². The predicted octanol–water partition coefficient (Wildman–Crippen LogP) is 6.30. The maximum Gasteiger partial charge on any atom is 0.254 e. The zero-order valence-corrected chi connectivity index (χ0v) is 27.2. The van der Waals surface area contributed by atoms with E-state index in [1.807, 2.05) is 40.9 Å². The topological polar surface area (TPSA) is 85.0 Å². The highest BCUT2D eigenvalue weighted by atomic mass is 35.5. The molecule has 1 saturated heterocycles. The molecule has 2 atom stereocenters. The summed E-state index contributed by atoms with van der Waals surface area (Å²) in [5.74, 6) is 0.216. The van der Waals surface area contributed by atoms with Crippen LogP contribution in [0.1, 0.15) is 87.4 Å². The monoisotopic (exact) mass is 610 g/mol. The summed E-state index contributed by atoms with van der Waals surface area (Å²) >= 11 is 12.4. The van der Waals surface area contributed by atoms with Crippen LogP contribution in [0.15, 0.2) is 30.5 Å². The molecule has 0 unspecified atom stereocenters. The zero-order chi connectivity index (χ0) is 30.5. The van der Waals surface area contributed by atoms with Gasteiger partial charge in [0.15, 0.2) is 5.65 Å². The van der Waals surface area contributed by atoms with Gasteiger partial charge in [0.1, 0.15) is 0 Å². The largest absolute Gasteiger partial charge is 0.336 e. The van der Waals surface area contributed by atoms with Crippen LogP contribution in [0.3, 0.4) is 0 Å². The minimum Gasteiger partial charge on any atom is -0.336 e. The summed E-state index contributed by atoms with van der Waals surface area (Å²) in [6.45, 7) is 19.2. The Kier molecular flexibility index (Phi) is 8.40. The molecule has 0 spiro atoms. The third-order valence-electron chi connectivity index (χ3n) is 7.96. The number of rotatable bonds is 6. The molecule has 0 radical (unpaired) electrons. The number of hydrogen-bond donors (Lipinski definition) is 0. The minimum atomic E-state index is -0.257. The molecule has 0 N–H and O–H groups in total. The second-order valence-corrected chi connectivity index (χ2v) is 13.7.